The van der Waals surface area contributed by atoms with Gasteiger partial charge in [0, 0.05) is 62.1 Å². The Morgan fingerprint density at radius 2 is 1.80 bits per heavy atom. The summed E-state index contributed by atoms with van der Waals surface area (Å²) in [6.07, 6.45) is -1.75. The zero-order valence-electron chi connectivity index (χ0n) is 13.9. The summed E-state index contributed by atoms with van der Waals surface area (Å²) in [4.78, 5) is 24.5. The summed E-state index contributed by atoms with van der Waals surface area (Å²) in [5.41, 5.74) is 1.10. The highest BCUT2D eigenvalue weighted by Crippen LogP contribution is 2.40. The van der Waals surface area contributed by atoms with E-state index in [2.05, 4.69) is 20.9 Å². The first-order valence-electron chi connectivity index (χ1n) is 8.80. The highest BCUT2D eigenvalue weighted by Gasteiger charge is 2.42. The molecule has 3 aliphatic rings. The number of halogens is 3. The van der Waals surface area contributed by atoms with E-state index in [0.29, 0.717) is 30.8 Å². The number of nitrogens with zero attached hydrogens (tertiary/aromatic N) is 4. The SMILES string of the molecule is O=C(CCC(F)(F)F)N1CC2CN(c3cc(C4CC4)ncn3)CC2C1. The summed E-state index contributed by atoms with van der Waals surface area (Å²) < 4.78 is 36.8. The Bertz CT molecular complexity index is 648. The average Bonchev–Trinajstić information content (AvgIpc) is 3.22. The molecule has 2 unspecified atom stereocenters. The summed E-state index contributed by atoms with van der Waals surface area (Å²) in [6.45, 7) is 2.71. The van der Waals surface area contributed by atoms with E-state index in [1.807, 2.05) is 0 Å². The summed E-state index contributed by atoms with van der Waals surface area (Å²) in [5, 5.41) is 0. The Kier molecular flexibility index (Phi) is 4.08. The van der Waals surface area contributed by atoms with Gasteiger partial charge < -0.3 is 9.80 Å². The number of carbonyl (C=O) groups is 1. The van der Waals surface area contributed by atoms with Crippen LogP contribution < -0.4 is 4.90 Å². The van der Waals surface area contributed by atoms with Gasteiger partial charge in [-0.2, -0.15) is 13.2 Å². The van der Waals surface area contributed by atoms with Crippen molar-refractivity contribution < 1.29 is 18.0 Å². The predicted molar refractivity (Wildman–Crippen MR) is 85.1 cm³/mol. The molecule has 0 N–H and O–H groups in total. The van der Waals surface area contributed by atoms with Gasteiger partial charge in [0.2, 0.25) is 5.91 Å². The Morgan fingerprint density at radius 1 is 1.12 bits per heavy atom. The normalized spacial score (nSPS) is 26.2. The van der Waals surface area contributed by atoms with Gasteiger partial charge in [0.05, 0.1) is 6.42 Å². The van der Waals surface area contributed by atoms with E-state index in [9.17, 15) is 18.0 Å². The van der Waals surface area contributed by atoms with Gasteiger partial charge >= 0.3 is 6.18 Å². The van der Waals surface area contributed by atoms with Gasteiger partial charge in [-0.1, -0.05) is 0 Å². The van der Waals surface area contributed by atoms with E-state index >= 15 is 0 Å². The molecule has 25 heavy (non-hydrogen) atoms. The van der Waals surface area contributed by atoms with Crippen molar-refractivity contribution in [1.29, 1.82) is 0 Å². The molecule has 5 nitrogen and oxygen atoms in total. The third-order valence-electron chi connectivity index (χ3n) is 5.45. The van der Waals surface area contributed by atoms with E-state index in [0.717, 1.165) is 24.6 Å². The number of fused-ring (bicyclic) bond motifs is 1. The van der Waals surface area contributed by atoms with E-state index in [-0.39, 0.29) is 5.91 Å². The molecular formula is C17H21F3N4O. The molecular weight excluding hydrogens is 333 g/mol. The van der Waals surface area contributed by atoms with Crippen molar-refractivity contribution >= 4 is 11.7 Å². The van der Waals surface area contributed by atoms with Gasteiger partial charge in [-0.25, -0.2) is 9.97 Å². The molecule has 0 spiro atoms. The van der Waals surface area contributed by atoms with Crippen molar-refractivity contribution in [2.45, 2.75) is 37.8 Å². The zero-order chi connectivity index (χ0) is 17.6. The number of carbonyl (C=O) groups excluding carboxylic acids is 1. The van der Waals surface area contributed by atoms with E-state index in [1.54, 1.807) is 11.2 Å². The summed E-state index contributed by atoms with van der Waals surface area (Å²) >= 11 is 0. The molecule has 1 amide bonds. The van der Waals surface area contributed by atoms with Crippen LogP contribution in [0.15, 0.2) is 12.4 Å². The van der Waals surface area contributed by atoms with Crippen LogP contribution in [0.25, 0.3) is 0 Å². The molecule has 0 aromatic carbocycles. The van der Waals surface area contributed by atoms with E-state index in [4.69, 9.17) is 0 Å². The average molecular weight is 354 g/mol. The van der Waals surface area contributed by atoms with Crippen molar-refractivity contribution in [1.82, 2.24) is 14.9 Å². The molecule has 2 aliphatic heterocycles. The Hall–Kier alpha value is -1.86. The standard InChI is InChI=1S/C17H21F3N4O/c18-17(19,20)4-3-16(25)24-8-12-6-23(7-13(12)9-24)15-5-14(11-1-2-11)21-10-22-15/h5,10-13H,1-4,6-9H2. The largest absolute Gasteiger partial charge is 0.389 e. The first kappa shape index (κ1) is 16.6. The van der Waals surface area contributed by atoms with Gasteiger partial charge in [-0.3, -0.25) is 4.79 Å². The van der Waals surface area contributed by atoms with Gasteiger partial charge in [-0.05, 0) is 12.8 Å². The van der Waals surface area contributed by atoms with Crippen molar-refractivity contribution in [3.8, 4) is 0 Å². The van der Waals surface area contributed by atoms with Crippen molar-refractivity contribution in [2.75, 3.05) is 31.1 Å². The molecule has 2 atom stereocenters. The second-order valence-corrected chi connectivity index (χ2v) is 7.41. The smallest absolute Gasteiger partial charge is 0.356 e. The monoisotopic (exact) mass is 354 g/mol. The minimum absolute atomic E-state index is 0.314. The van der Waals surface area contributed by atoms with Crippen LogP contribution in [0.2, 0.25) is 0 Å². The maximum Gasteiger partial charge on any atom is 0.389 e. The van der Waals surface area contributed by atoms with Crippen LogP contribution in [0, 0.1) is 11.8 Å². The summed E-state index contributed by atoms with van der Waals surface area (Å²) in [5.74, 6) is 1.76. The van der Waals surface area contributed by atoms with Gasteiger partial charge in [-0.15, -0.1) is 0 Å². The molecule has 0 radical (unpaired) electrons. The van der Waals surface area contributed by atoms with Crippen LogP contribution in [-0.4, -0.2) is 53.1 Å². The Labute approximate surface area is 144 Å². The fourth-order valence-electron chi connectivity index (χ4n) is 3.93. The predicted octanol–water partition coefficient (Wildman–Crippen LogP) is 2.59. The van der Waals surface area contributed by atoms with Crippen LogP contribution in [-0.2, 0) is 4.79 Å². The lowest BCUT2D eigenvalue weighted by Gasteiger charge is -2.23. The Balaban J connectivity index is 1.33. The summed E-state index contributed by atoms with van der Waals surface area (Å²) in [7, 11) is 0. The third kappa shape index (κ3) is 3.72. The number of anilines is 1. The van der Waals surface area contributed by atoms with Gasteiger partial charge in [0.15, 0.2) is 0 Å². The van der Waals surface area contributed by atoms with Crippen molar-refractivity contribution in [3.63, 3.8) is 0 Å². The maximum absolute atomic E-state index is 12.3. The minimum atomic E-state index is -4.27. The molecule has 1 aliphatic carbocycles. The third-order valence-corrected chi connectivity index (χ3v) is 5.45. The lowest BCUT2D eigenvalue weighted by Crippen LogP contribution is -2.34. The molecule has 3 fully saturated rings. The van der Waals surface area contributed by atoms with Crippen molar-refractivity contribution in [3.05, 3.63) is 18.1 Å². The van der Waals surface area contributed by atoms with E-state index in [1.165, 1.54) is 12.8 Å². The molecule has 1 aromatic heterocycles. The highest BCUT2D eigenvalue weighted by molar-refractivity contribution is 5.76. The first-order valence-corrected chi connectivity index (χ1v) is 8.80. The second-order valence-electron chi connectivity index (χ2n) is 7.41. The van der Waals surface area contributed by atoms with Crippen LogP contribution in [0.4, 0.5) is 19.0 Å². The first-order chi connectivity index (χ1) is 11.9. The van der Waals surface area contributed by atoms with Crippen LogP contribution in [0.5, 0.6) is 0 Å². The fraction of sp³-hybridized carbons (Fsp3) is 0.706. The fourth-order valence-corrected chi connectivity index (χ4v) is 3.93. The second kappa shape index (κ2) is 6.14. The van der Waals surface area contributed by atoms with E-state index < -0.39 is 19.0 Å². The Morgan fingerprint density at radius 3 is 2.40 bits per heavy atom. The number of likely N-dealkylation sites (tertiary alicyclic amines) is 1. The molecule has 136 valence electrons. The van der Waals surface area contributed by atoms with Crippen LogP contribution >= 0.6 is 0 Å². The molecule has 8 heteroatoms. The van der Waals surface area contributed by atoms with Gasteiger partial charge in [0.25, 0.3) is 0 Å². The van der Waals surface area contributed by atoms with Crippen LogP contribution in [0.3, 0.4) is 0 Å². The number of amides is 1. The van der Waals surface area contributed by atoms with Crippen molar-refractivity contribution in [2.24, 2.45) is 11.8 Å². The quantitative estimate of drug-likeness (QED) is 0.834. The lowest BCUT2D eigenvalue weighted by atomic mass is 10.0. The maximum atomic E-state index is 12.3. The zero-order valence-corrected chi connectivity index (χ0v) is 13.9. The molecule has 2 saturated heterocycles. The lowest BCUT2D eigenvalue weighted by molar-refractivity contribution is -0.148. The number of hydrogen-bond acceptors (Lipinski definition) is 4. The highest BCUT2D eigenvalue weighted by atomic mass is 19.4. The summed E-state index contributed by atoms with van der Waals surface area (Å²) in [6, 6.07) is 2.06. The number of aromatic nitrogens is 2. The molecule has 3 heterocycles. The number of hydrogen-bond donors (Lipinski definition) is 0. The number of alkyl halides is 3. The number of rotatable bonds is 4. The molecule has 1 saturated carbocycles. The molecule has 1 aromatic rings. The van der Waals surface area contributed by atoms with Crippen LogP contribution in [0.1, 0.15) is 37.3 Å². The minimum Gasteiger partial charge on any atom is -0.356 e. The molecule has 4 rings (SSSR count). The van der Waals surface area contributed by atoms with Gasteiger partial charge in [0.1, 0.15) is 12.1 Å². The molecule has 0 bridgehead atoms. The topological polar surface area (TPSA) is 49.3 Å².